The van der Waals surface area contributed by atoms with E-state index in [1.165, 1.54) is 0 Å². The molecule has 5 heteroatoms. The Hall–Kier alpha value is -1.20. The van der Waals surface area contributed by atoms with Gasteiger partial charge in [-0.3, -0.25) is 11.3 Å². The second kappa shape index (κ2) is 5.84. The van der Waals surface area contributed by atoms with Crippen LogP contribution in [0.15, 0.2) is 24.3 Å². The first kappa shape index (κ1) is 14.2. The third-order valence-corrected chi connectivity index (χ3v) is 3.87. The molecule has 1 saturated carbocycles. The Morgan fingerprint density at radius 2 is 2.05 bits per heavy atom. The largest absolute Gasteiger partial charge is 0.497 e. The predicted octanol–water partition coefficient (Wildman–Crippen LogP) is 3.03. The number of halogens is 2. The Morgan fingerprint density at radius 3 is 2.63 bits per heavy atom. The quantitative estimate of drug-likeness (QED) is 0.653. The van der Waals surface area contributed by atoms with Crippen molar-refractivity contribution in [2.45, 2.75) is 37.6 Å². The molecule has 19 heavy (non-hydrogen) atoms. The number of hydrogen-bond acceptors (Lipinski definition) is 3. The monoisotopic (exact) mass is 270 g/mol. The van der Waals surface area contributed by atoms with E-state index in [0.717, 1.165) is 11.3 Å². The highest BCUT2D eigenvalue weighted by Crippen LogP contribution is 2.41. The number of hydrazine groups is 1. The van der Waals surface area contributed by atoms with Gasteiger partial charge >= 0.3 is 0 Å². The molecule has 106 valence electrons. The highest BCUT2D eigenvalue weighted by molar-refractivity contribution is 5.31. The van der Waals surface area contributed by atoms with Gasteiger partial charge in [-0.2, -0.15) is 0 Å². The molecule has 0 amide bonds. The van der Waals surface area contributed by atoms with Crippen molar-refractivity contribution in [2.24, 2.45) is 11.8 Å². The summed E-state index contributed by atoms with van der Waals surface area (Å²) in [6.45, 7) is 0. The molecule has 1 aromatic carbocycles. The summed E-state index contributed by atoms with van der Waals surface area (Å²) >= 11 is 0. The van der Waals surface area contributed by atoms with Crippen LogP contribution >= 0.6 is 0 Å². The van der Waals surface area contributed by atoms with E-state index >= 15 is 0 Å². The summed E-state index contributed by atoms with van der Waals surface area (Å²) in [5.41, 5.74) is 3.75. The molecule has 0 aromatic heterocycles. The normalized spacial score (nSPS) is 21.1. The minimum Gasteiger partial charge on any atom is -0.497 e. The third-order valence-electron chi connectivity index (χ3n) is 3.87. The number of methoxy groups -OCH3 is 1. The average Bonchev–Trinajstić information content (AvgIpc) is 2.41. The molecular formula is C14H20F2N2O. The van der Waals surface area contributed by atoms with Gasteiger partial charge in [0.25, 0.3) is 0 Å². The summed E-state index contributed by atoms with van der Waals surface area (Å²) < 4.78 is 31.6. The SMILES string of the molecule is COc1cccc(C(NN)C2CCC(F)(F)CC2)c1. The summed E-state index contributed by atoms with van der Waals surface area (Å²) in [6.07, 6.45) is 0.859. The number of nitrogens with one attached hydrogen (secondary N) is 1. The number of nitrogens with two attached hydrogens (primary N) is 1. The van der Waals surface area contributed by atoms with Crippen LogP contribution in [0.5, 0.6) is 5.75 Å². The van der Waals surface area contributed by atoms with Gasteiger partial charge in [-0.1, -0.05) is 12.1 Å². The third kappa shape index (κ3) is 3.42. The Morgan fingerprint density at radius 1 is 1.37 bits per heavy atom. The Balaban J connectivity index is 2.11. The lowest BCUT2D eigenvalue weighted by Crippen LogP contribution is -2.37. The van der Waals surface area contributed by atoms with Crippen LogP contribution in [0.3, 0.4) is 0 Å². The molecule has 3 nitrogen and oxygen atoms in total. The predicted molar refractivity (Wildman–Crippen MR) is 70.0 cm³/mol. The lowest BCUT2D eigenvalue weighted by Gasteiger charge is -2.33. The number of benzene rings is 1. The Bertz CT molecular complexity index is 416. The van der Waals surface area contributed by atoms with E-state index in [1.54, 1.807) is 7.11 Å². The van der Waals surface area contributed by atoms with Crippen molar-refractivity contribution in [3.05, 3.63) is 29.8 Å². The molecule has 1 fully saturated rings. The van der Waals surface area contributed by atoms with Gasteiger partial charge in [-0.25, -0.2) is 8.78 Å². The fourth-order valence-electron chi connectivity index (χ4n) is 2.74. The van der Waals surface area contributed by atoms with E-state index in [9.17, 15) is 8.78 Å². The van der Waals surface area contributed by atoms with Crippen LogP contribution in [0.1, 0.15) is 37.3 Å². The highest BCUT2D eigenvalue weighted by atomic mass is 19.3. The van der Waals surface area contributed by atoms with Crippen molar-refractivity contribution >= 4 is 0 Å². The lowest BCUT2D eigenvalue weighted by atomic mass is 9.80. The van der Waals surface area contributed by atoms with Gasteiger partial charge in [0.15, 0.2) is 0 Å². The van der Waals surface area contributed by atoms with Gasteiger partial charge in [0.2, 0.25) is 5.92 Å². The topological polar surface area (TPSA) is 47.3 Å². The molecule has 2 rings (SSSR count). The second-order valence-electron chi connectivity index (χ2n) is 5.11. The minimum atomic E-state index is -2.51. The summed E-state index contributed by atoms with van der Waals surface area (Å²) in [4.78, 5) is 0. The standard InChI is InChI=1S/C14H20F2N2O/c1-19-12-4-2-3-11(9-12)13(18-17)10-5-7-14(15,16)8-6-10/h2-4,9-10,13,18H,5-8,17H2,1H3. The molecule has 1 aromatic rings. The molecule has 0 bridgehead atoms. The van der Waals surface area contributed by atoms with Gasteiger partial charge in [-0.05, 0) is 36.5 Å². The van der Waals surface area contributed by atoms with Crippen molar-refractivity contribution in [3.63, 3.8) is 0 Å². The first-order valence-electron chi connectivity index (χ1n) is 6.53. The van der Waals surface area contributed by atoms with Crippen LogP contribution in [-0.4, -0.2) is 13.0 Å². The van der Waals surface area contributed by atoms with E-state index in [4.69, 9.17) is 10.6 Å². The first-order valence-corrected chi connectivity index (χ1v) is 6.53. The van der Waals surface area contributed by atoms with E-state index in [1.807, 2.05) is 24.3 Å². The fourth-order valence-corrected chi connectivity index (χ4v) is 2.74. The van der Waals surface area contributed by atoms with Gasteiger partial charge in [0, 0.05) is 18.9 Å². The Labute approximate surface area is 112 Å². The molecule has 3 N–H and O–H groups in total. The van der Waals surface area contributed by atoms with E-state index in [0.29, 0.717) is 12.8 Å². The van der Waals surface area contributed by atoms with Gasteiger partial charge < -0.3 is 4.74 Å². The lowest BCUT2D eigenvalue weighted by molar-refractivity contribution is -0.0498. The summed E-state index contributed by atoms with van der Waals surface area (Å²) in [5.74, 6) is 3.99. The van der Waals surface area contributed by atoms with Crippen LogP contribution in [0, 0.1) is 5.92 Å². The molecule has 0 radical (unpaired) electrons. The maximum Gasteiger partial charge on any atom is 0.248 e. The van der Waals surface area contributed by atoms with Crippen LogP contribution in [-0.2, 0) is 0 Å². The number of alkyl halides is 2. The van der Waals surface area contributed by atoms with Crippen molar-refractivity contribution < 1.29 is 13.5 Å². The van der Waals surface area contributed by atoms with Gasteiger partial charge in [0.05, 0.1) is 7.11 Å². The van der Waals surface area contributed by atoms with Crippen molar-refractivity contribution in [2.75, 3.05) is 7.11 Å². The van der Waals surface area contributed by atoms with Gasteiger partial charge in [-0.15, -0.1) is 0 Å². The molecule has 1 aliphatic carbocycles. The zero-order valence-corrected chi connectivity index (χ0v) is 11.0. The number of rotatable bonds is 4. The summed E-state index contributed by atoms with van der Waals surface area (Å²) in [5, 5.41) is 0. The molecule has 0 aliphatic heterocycles. The van der Waals surface area contributed by atoms with Crippen molar-refractivity contribution in [3.8, 4) is 5.75 Å². The fraction of sp³-hybridized carbons (Fsp3) is 0.571. The van der Waals surface area contributed by atoms with Crippen LogP contribution in [0.2, 0.25) is 0 Å². The van der Waals surface area contributed by atoms with Crippen LogP contribution in [0.4, 0.5) is 8.78 Å². The molecule has 1 atom stereocenters. The smallest absolute Gasteiger partial charge is 0.248 e. The maximum atomic E-state index is 13.2. The van der Waals surface area contributed by atoms with E-state index < -0.39 is 5.92 Å². The second-order valence-corrected chi connectivity index (χ2v) is 5.11. The molecule has 0 heterocycles. The van der Waals surface area contributed by atoms with Crippen LogP contribution < -0.4 is 16.0 Å². The average molecular weight is 270 g/mol. The number of ether oxygens (including phenoxy) is 1. The molecular weight excluding hydrogens is 250 g/mol. The molecule has 0 saturated heterocycles. The van der Waals surface area contributed by atoms with E-state index in [-0.39, 0.29) is 24.8 Å². The minimum absolute atomic E-state index is 0.0557. The number of hydrogen-bond donors (Lipinski definition) is 2. The molecule has 0 spiro atoms. The Kier molecular flexibility index (Phi) is 4.37. The van der Waals surface area contributed by atoms with Crippen molar-refractivity contribution in [1.82, 2.24) is 5.43 Å². The van der Waals surface area contributed by atoms with E-state index in [2.05, 4.69) is 5.43 Å². The van der Waals surface area contributed by atoms with Crippen LogP contribution in [0.25, 0.3) is 0 Å². The van der Waals surface area contributed by atoms with Gasteiger partial charge in [0.1, 0.15) is 5.75 Å². The zero-order chi connectivity index (χ0) is 13.9. The summed E-state index contributed by atoms with van der Waals surface area (Å²) in [7, 11) is 1.60. The summed E-state index contributed by atoms with van der Waals surface area (Å²) in [6, 6.07) is 7.48. The highest BCUT2D eigenvalue weighted by Gasteiger charge is 2.37. The first-order chi connectivity index (χ1) is 9.05. The maximum absolute atomic E-state index is 13.2. The zero-order valence-electron chi connectivity index (χ0n) is 11.0. The van der Waals surface area contributed by atoms with Crippen molar-refractivity contribution in [1.29, 1.82) is 0 Å². The molecule has 1 aliphatic rings. The molecule has 1 unspecified atom stereocenters.